The van der Waals surface area contributed by atoms with Crippen LogP contribution in [-0.2, 0) is 6.42 Å². The summed E-state index contributed by atoms with van der Waals surface area (Å²) < 4.78 is 0. The molecule has 0 atom stereocenters. The Morgan fingerprint density at radius 1 is 0.486 bits per heavy atom. The number of carbonyl (C=O) groups is 2. The SMILES string of the molecule is O=C(c1cccc(O)c1)c1cc(Cc2cc(C(=O)c3cccc(O)c3)c(O)c(O)c2O)c(O)c(O)c1O. The zero-order valence-electron chi connectivity index (χ0n) is 18.9. The Labute approximate surface area is 208 Å². The zero-order chi connectivity index (χ0) is 27.0. The van der Waals surface area contributed by atoms with Crippen molar-refractivity contribution in [2.24, 2.45) is 0 Å². The molecule has 188 valence electrons. The van der Waals surface area contributed by atoms with Crippen LogP contribution in [0.4, 0.5) is 0 Å². The molecule has 10 nitrogen and oxygen atoms in total. The van der Waals surface area contributed by atoms with Gasteiger partial charge in [0.05, 0.1) is 11.1 Å². The number of benzene rings is 4. The predicted molar refractivity (Wildman–Crippen MR) is 129 cm³/mol. The summed E-state index contributed by atoms with van der Waals surface area (Å²) in [5.41, 5.74) is -1.31. The maximum atomic E-state index is 12.9. The van der Waals surface area contributed by atoms with E-state index in [0.29, 0.717) is 0 Å². The van der Waals surface area contributed by atoms with Crippen LogP contribution in [0.5, 0.6) is 46.0 Å². The van der Waals surface area contributed by atoms with Crippen LogP contribution in [0.2, 0.25) is 0 Å². The van der Waals surface area contributed by atoms with Gasteiger partial charge < -0.3 is 40.9 Å². The Bertz CT molecular complexity index is 1460. The maximum absolute atomic E-state index is 12.9. The van der Waals surface area contributed by atoms with E-state index in [-0.39, 0.29) is 33.8 Å². The highest BCUT2D eigenvalue weighted by Crippen LogP contribution is 2.45. The first-order valence-corrected chi connectivity index (χ1v) is 10.7. The van der Waals surface area contributed by atoms with Gasteiger partial charge in [0.15, 0.2) is 34.6 Å². The number of hydrogen-bond donors (Lipinski definition) is 8. The lowest BCUT2D eigenvalue weighted by molar-refractivity contribution is 0.102. The molecule has 0 aliphatic heterocycles. The van der Waals surface area contributed by atoms with Crippen molar-refractivity contribution in [1.82, 2.24) is 0 Å². The molecule has 0 heterocycles. The molecule has 0 amide bonds. The average molecular weight is 504 g/mol. The van der Waals surface area contributed by atoms with Gasteiger partial charge in [0.25, 0.3) is 0 Å². The second-order valence-electron chi connectivity index (χ2n) is 8.19. The first-order valence-electron chi connectivity index (χ1n) is 10.7. The fraction of sp³-hybridized carbons (Fsp3) is 0.0370. The number of aromatic hydroxyl groups is 8. The third-order valence-electron chi connectivity index (χ3n) is 5.74. The molecule has 0 fully saturated rings. The van der Waals surface area contributed by atoms with Crippen LogP contribution in [0.1, 0.15) is 43.0 Å². The Balaban J connectivity index is 1.80. The van der Waals surface area contributed by atoms with Crippen molar-refractivity contribution in [3.8, 4) is 46.0 Å². The van der Waals surface area contributed by atoms with Crippen molar-refractivity contribution in [2.45, 2.75) is 6.42 Å². The minimum absolute atomic E-state index is 0.0320. The molecular formula is C27H20O10. The molecule has 4 rings (SSSR count). The summed E-state index contributed by atoms with van der Waals surface area (Å²) in [7, 11) is 0. The van der Waals surface area contributed by atoms with Crippen LogP contribution >= 0.6 is 0 Å². The molecule has 0 unspecified atom stereocenters. The maximum Gasteiger partial charge on any atom is 0.201 e. The molecule has 0 saturated heterocycles. The van der Waals surface area contributed by atoms with Gasteiger partial charge in [-0.3, -0.25) is 9.59 Å². The molecule has 0 aliphatic rings. The molecular weight excluding hydrogens is 484 g/mol. The van der Waals surface area contributed by atoms with E-state index in [2.05, 4.69) is 0 Å². The number of hydrogen-bond acceptors (Lipinski definition) is 10. The second-order valence-corrected chi connectivity index (χ2v) is 8.19. The van der Waals surface area contributed by atoms with E-state index in [1.54, 1.807) is 0 Å². The average Bonchev–Trinajstić information content (AvgIpc) is 2.88. The van der Waals surface area contributed by atoms with Crippen LogP contribution in [0, 0.1) is 0 Å². The summed E-state index contributed by atoms with van der Waals surface area (Å²) in [6, 6.07) is 12.5. The summed E-state index contributed by atoms with van der Waals surface area (Å²) in [6.45, 7) is 0. The molecule has 37 heavy (non-hydrogen) atoms. The summed E-state index contributed by atoms with van der Waals surface area (Å²) in [5.74, 6) is -7.62. The van der Waals surface area contributed by atoms with E-state index in [4.69, 9.17) is 0 Å². The van der Waals surface area contributed by atoms with Gasteiger partial charge in [-0.1, -0.05) is 24.3 Å². The van der Waals surface area contributed by atoms with Gasteiger partial charge >= 0.3 is 0 Å². The molecule has 4 aromatic rings. The van der Waals surface area contributed by atoms with Gasteiger partial charge in [0.2, 0.25) is 11.5 Å². The molecule has 10 heteroatoms. The molecule has 0 aliphatic carbocycles. The molecule has 0 spiro atoms. The lowest BCUT2D eigenvalue weighted by atomic mass is 9.93. The highest BCUT2D eigenvalue weighted by Gasteiger charge is 2.26. The summed E-state index contributed by atoms with van der Waals surface area (Å²) in [6.07, 6.45) is -0.472. The van der Waals surface area contributed by atoms with Crippen molar-refractivity contribution < 1.29 is 50.4 Å². The highest BCUT2D eigenvalue weighted by atomic mass is 16.3. The number of phenols is 8. The Hall–Kier alpha value is -5.38. The van der Waals surface area contributed by atoms with Crippen LogP contribution in [-0.4, -0.2) is 52.4 Å². The molecule has 4 aromatic carbocycles. The molecule has 0 saturated carbocycles. The molecule has 0 radical (unpaired) electrons. The van der Waals surface area contributed by atoms with Crippen LogP contribution in [0.3, 0.4) is 0 Å². The van der Waals surface area contributed by atoms with Gasteiger partial charge in [0, 0.05) is 28.7 Å². The van der Waals surface area contributed by atoms with Gasteiger partial charge in [-0.15, -0.1) is 0 Å². The van der Waals surface area contributed by atoms with Crippen molar-refractivity contribution in [3.63, 3.8) is 0 Å². The Kier molecular flexibility index (Phi) is 6.25. The minimum Gasteiger partial charge on any atom is -0.508 e. The second kappa shape index (κ2) is 9.34. The van der Waals surface area contributed by atoms with E-state index in [1.807, 2.05) is 0 Å². The lowest BCUT2D eigenvalue weighted by Gasteiger charge is -2.15. The highest BCUT2D eigenvalue weighted by molar-refractivity contribution is 6.12. The van der Waals surface area contributed by atoms with E-state index >= 15 is 0 Å². The summed E-state index contributed by atoms with van der Waals surface area (Å²) in [5, 5.41) is 81.2. The van der Waals surface area contributed by atoms with Crippen LogP contribution in [0.25, 0.3) is 0 Å². The van der Waals surface area contributed by atoms with E-state index in [1.165, 1.54) is 36.4 Å². The van der Waals surface area contributed by atoms with Crippen molar-refractivity contribution in [1.29, 1.82) is 0 Å². The number of phenolic OH excluding ortho intramolecular Hbond substituents is 8. The first-order chi connectivity index (χ1) is 17.5. The van der Waals surface area contributed by atoms with Gasteiger partial charge in [0.1, 0.15) is 11.5 Å². The largest absolute Gasteiger partial charge is 0.508 e. The van der Waals surface area contributed by atoms with Crippen LogP contribution < -0.4 is 0 Å². The van der Waals surface area contributed by atoms with Gasteiger partial charge in [-0.05, 0) is 36.4 Å². The van der Waals surface area contributed by atoms with E-state index in [0.717, 1.165) is 24.3 Å². The fourth-order valence-electron chi connectivity index (χ4n) is 3.83. The topological polar surface area (TPSA) is 196 Å². The third kappa shape index (κ3) is 4.50. The Morgan fingerprint density at radius 2 is 0.865 bits per heavy atom. The van der Waals surface area contributed by atoms with Crippen molar-refractivity contribution >= 4 is 11.6 Å². The van der Waals surface area contributed by atoms with E-state index in [9.17, 15) is 50.4 Å². The molecule has 0 bridgehead atoms. The molecule has 0 aromatic heterocycles. The molecule has 8 N–H and O–H groups in total. The van der Waals surface area contributed by atoms with Crippen molar-refractivity contribution in [3.05, 3.63) is 94.0 Å². The van der Waals surface area contributed by atoms with E-state index < -0.39 is 63.6 Å². The minimum atomic E-state index is -1.03. The van der Waals surface area contributed by atoms with Crippen LogP contribution in [0.15, 0.2) is 60.7 Å². The third-order valence-corrected chi connectivity index (χ3v) is 5.74. The quantitative estimate of drug-likeness (QED) is 0.142. The van der Waals surface area contributed by atoms with Gasteiger partial charge in [-0.2, -0.15) is 0 Å². The Morgan fingerprint density at radius 3 is 1.22 bits per heavy atom. The number of rotatable bonds is 6. The first kappa shape index (κ1) is 24.7. The monoisotopic (exact) mass is 504 g/mol. The lowest BCUT2D eigenvalue weighted by Crippen LogP contribution is -2.05. The van der Waals surface area contributed by atoms with Gasteiger partial charge in [-0.25, -0.2) is 0 Å². The summed E-state index contributed by atoms with van der Waals surface area (Å²) in [4.78, 5) is 25.9. The summed E-state index contributed by atoms with van der Waals surface area (Å²) >= 11 is 0. The standard InChI is InChI=1S/C27H20O10/c28-16-5-1-3-12(8-16)20(30)18-10-14(22(32)26(36)24(18)34)7-15-11-19(25(35)27(37)23(15)33)21(31)13-4-2-6-17(29)9-13/h1-6,8-11,28-29,32-37H,7H2. The van der Waals surface area contributed by atoms with Crippen molar-refractivity contribution in [2.75, 3.05) is 0 Å². The fourth-order valence-corrected chi connectivity index (χ4v) is 3.83. The normalized spacial score (nSPS) is 10.8. The smallest absolute Gasteiger partial charge is 0.201 e. The predicted octanol–water partition coefficient (Wildman–Crippen LogP) is 3.38. The zero-order valence-corrected chi connectivity index (χ0v) is 18.9. The number of carbonyl (C=O) groups excluding carboxylic acids is 2. The number of ketones is 2.